The van der Waals surface area contributed by atoms with Crippen LogP contribution in [0.3, 0.4) is 0 Å². The lowest BCUT2D eigenvalue weighted by atomic mass is 10.2. The second-order valence-corrected chi connectivity index (χ2v) is 3.65. The fraction of sp³-hybridized carbons (Fsp3) is 1.00. The number of unbranched alkanes of at least 4 members (excludes halogenated alkanes) is 3. The topological polar surface area (TPSA) is 12.0 Å². The zero-order valence-corrected chi connectivity index (χ0v) is 9.12. The van der Waals surface area contributed by atoms with Crippen LogP contribution in [0, 0.1) is 0 Å². The molecule has 0 unspecified atom stereocenters. The molecule has 0 spiro atoms. The van der Waals surface area contributed by atoms with Crippen LogP contribution in [0.2, 0.25) is 0 Å². The largest absolute Gasteiger partial charge is 0.317 e. The Balaban J connectivity index is 2.69. The number of hydrogen-bond acceptors (Lipinski definition) is 1. The van der Waals surface area contributed by atoms with Crippen molar-refractivity contribution in [1.82, 2.24) is 5.32 Å². The maximum Gasteiger partial charge on any atom is 0.00313 e. The van der Waals surface area contributed by atoms with Crippen LogP contribution < -0.4 is 5.32 Å². The van der Waals surface area contributed by atoms with Crippen molar-refractivity contribution < 1.29 is 0 Å². The maximum atomic E-state index is 3.43. The Morgan fingerprint density at radius 1 is 1.00 bits per heavy atom. The summed E-state index contributed by atoms with van der Waals surface area (Å²) in [5.74, 6) is 0. The van der Waals surface area contributed by atoms with Gasteiger partial charge in [0.15, 0.2) is 0 Å². The van der Waals surface area contributed by atoms with Gasteiger partial charge in [0.1, 0.15) is 0 Å². The first-order valence-electron chi connectivity index (χ1n) is 4.68. The van der Waals surface area contributed by atoms with E-state index in [9.17, 15) is 0 Å². The summed E-state index contributed by atoms with van der Waals surface area (Å²) in [4.78, 5) is 0. The highest BCUT2D eigenvalue weighted by atomic mass is 79.9. The number of alkyl halides is 1. The molecular formula is C9H20BrN. The Labute approximate surface area is 79.1 Å². The summed E-state index contributed by atoms with van der Waals surface area (Å²) in [6.45, 7) is 4.63. The van der Waals surface area contributed by atoms with E-state index < -0.39 is 0 Å². The Morgan fingerprint density at radius 3 is 2.36 bits per heavy atom. The molecule has 1 nitrogen and oxygen atoms in total. The average molecular weight is 222 g/mol. The molecule has 0 aromatic carbocycles. The standard InChI is InChI=1S/C9H20BrN/c1-2-3-8-11-9-6-4-5-7-10/h11H,2-9H2,1H3. The van der Waals surface area contributed by atoms with E-state index >= 15 is 0 Å². The van der Waals surface area contributed by atoms with Gasteiger partial charge in [-0.1, -0.05) is 35.7 Å². The smallest absolute Gasteiger partial charge is 0.00313 e. The van der Waals surface area contributed by atoms with Crippen molar-refractivity contribution in [2.45, 2.75) is 39.0 Å². The molecule has 0 heterocycles. The van der Waals surface area contributed by atoms with Crippen LogP contribution in [0.4, 0.5) is 0 Å². The average Bonchev–Trinajstić information content (AvgIpc) is 2.03. The first-order valence-corrected chi connectivity index (χ1v) is 5.80. The molecule has 68 valence electrons. The van der Waals surface area contributed by atoms with E-state index in [1.54, 1.807) is 0 Å². The molecule has 0 aromatic heterocycles. The second kappa shape index (κ2) is 10.4. The lowest BCUT2D eigenvalue weighted by Crippen LogP contribution is -2.16. The molecule has 0 fully saturated rings. The summed E-state index contributed by atoms with van der Waals surface area (Å²) in [7, 11) is 0. The van der Waals surface area contributed by atoms with Gasteiger partial charge in [-0.15, -0.1) is 0 Å². The van der Waals surface area contributed by atoms with Gasteiger partial charge >= 0.3 is 0 Å². The van der Waals surface area contributed by atoms with E-state index in [2.05, 4.69) is 28.2 Å². The van der Waals surface area contributed by atoms with Crippen molar-refractivity contribution >= 4 is 15.9 Å². The van der Waals surface area contributed by atoms with Crippen LogP contribution in [-0.4, -0.2) is 18.4 Å². The van der Waals surface area contributed by atoms with Crippen LogP contribution in [-0.2, 0) is 0 Å². The van der Waals surface area contributed by atoms with E-state index in [1.165, 1.54) is 45.2 Å². The van der Waals surface area contributed by atoms with Gasteiger partial charge in [-0.3, -0.25) is 0 Å². The van der Waals surface area contributed by atoms with Crippen LogP contribution in [0.25, 0.3) is 0 Å². The molecule has 0 bridgehead atoms. The van der Waals surface area contributed by atoms with E-state index in [0.717, 1.165) is 5.33 Å². The van der Waals surface area contributed by atoms with Gasteiger partial charge < -0.3 is 5.32 Å². The maximum absolute atomic E-state index is 3.43. The van der Waals surface area contributed by atoms with Gasteiger partial charge in [-0.25, -0.2) is 0 Å². The van der Waals surface area contributed by atoms with Gasteiger partial charge in [0.2, 0.25) is 0 Å². The number of halogens is 1. The zero-order valence-electron chi connectivity index (χ0n) is 7.53. The Morgan fingerprint density at radius 2 is 1.73 bits per heavy atom. The van der Waals surface area contributed by atoms with Crippen LogP contribution in [0.5, 0.6) is 0 Å². The van der Waals surface area contributed by atoms with Crippen molar-refractivity contribution in [2.24, 2.45) is 0 Å². The Bertz CT molecular complexity index is 58.6. The highest BCUT2D eigenvalue weighted by molar-refractivity contribution is 9.09. The van der Waals surface area contributed by atoms with Gasteiger partial charge in [-0.05, 0) is 32.4 Å². The monoisotopic (exact) mass is 221 g/mol. The summed E-state index contributed by atoms with van der Waals surface area (Å²) in [5, 5.41) is 4.58. The minimum Gasteiger partial charge on any atom is -0.317 e. The third-order valence-corrected chi connectivity index (χ3v) is 2.26. The summed E-state index contributed by atoms with van der Waals surface area (Å²) >= 11 is 3.42. The fourth-order valence-electron chi connectivity index (χ4n) is 0.948. The summed E-state index contributed by atoms with van der Waals surface area (Å²) < 4.78 is 0. The normalized spacial score (nSPS) is 10.4. The van der Waals surface area contributed by atoms with Crippen LogP contribution in [0.15, 0.2) is 0 Å². The molecule has 0 saturated heterocycles. The predicted octanol–water partition coefficient (Wildman–Crippen LogP) is 2.94. The molecule has 0 aliphatic carbocycles. The quantitative estimate of drug-likeness (QED) is 0.491. The van der Waals surface area contributed by atoms with E-state index in [-0.39, 0.29) is 0 Å². The third kappa shape index (κ3) is 10.4. The molecule has 0 saturated carbocycles. The molecule has 0 aliphatic rings. The van der Waals surface area contributed by atoms with Gasteiger partial charge in [-0.2, -0.15) is 0 Å². The Hall–Kier alpha value is 0.440. The van der Waals surface area contributed by atoms with Crippen molar-refractivity contribution in [1.29, 1.82) is 0 Å². The molecule has 2 heteroatoms. The van der Waals surface area contributed by atoms with E-state index in [0.29, 0.717) is 0 Å². The summed E-state index contributed by atoms with van der Waals surface area (Å²) in [5.41, 5.74) is 0. The van der Waals surface area contributed by atoms with Gasteiger partial charge in [0, 0.05) is 5.33 Å². The Kier molecular flexibility index (Phi) is 10.9. The summed E-state index contributed by atoms with van der Waals surface area (Å²) in [6.07, 6.45) is 6.61. The number of nitrogens with one attached hydrogen (secondary N) is 1. The van der Waals surface area contributed by atoms with Gasteiger partial charge in [0.25, 0.3) is 0 Å². The molecule has 0 amide bonds. The highest BCUT2D eigenvalue weighted by Gasteiger charge is 1.87. The highest BCUT2D eigenvalue weighted by Crippen LogP contribution is 1.96. The van der Waals surface area contributed by atoms with Crippen LogP contribution >= 0.6 is 15.9 Å². The van der Waals surface area contributed by atoms with E-state index in [4.69, 9.17) is 0 Å². The SMILES string of the molecule is CCCCNCCCCCBr. The molecular weight excluding hydrogens is 202 g/mol. The second-order valence-electron chi connectivity index (χ2n) is 2.85. The molecule has 0 aromatic rings. The van der Waals surface area contributed by atoms with Crippen molar-refractivity contribution in [2.75, 3.05) is 18.4 Å². The zero-order chi connectivity index (χ0) is 8.36. The molecule has 0 aliphatic heterocycles. The minimum atomic E-state index is 1.15. The molecule has 0 rings (SSSR count). The fourth-order valence-corrected chi connectivity index (χ4v) is 1.34. The van der Waals surface area contributed by atoms with Crippen molar-refractivity contribution in [3.8, 4) is 0 Å². The van der Waals surface area contributed by atoms with E-state index in [1.807, 2.05) is 0 Å². The van der Waals surface area contributed by atoms with Gasteiger partial charge in [0.05, 0.1) is 0 Å². The molecule has 11 heavy (non-hydrogen) atoms. The lowest BCUT2D eigenvalue weighted by Gasteiger charge is -2.01. The first kappa shape index (κ1) is 11.4. The van der Waals surface area contributed by atoms with Crippen molar-refractivity contribution in [3.63, 3.8) is 0 Å². The number of hydrogen-bond donors (Lipinski definition) is 1. The lowest BCUT2D eigenvalue weighted by molar-refractivity contribution is 0.597. The van der Waals surface area contributed by atoms with Crippen LogP contribution in [0.1, 0.15) is 39.0 Å². The number of rotatable bonds is 8. The van der Waals surface area contributed by atoms with Crippen molar-refractivity contribution in [3.05, 3.63) is 0 Å². The molecule has 1 N–H and O–H groups in total. The first-order chi connectivity index (χ1) is 5.41. The minimum absolute atomic E-state index is 1.15. The third-order valence-electron chi connectivity index (χ3n) is 1.69. The molecule has 0 radical (unpaired) electrons. The molecule has 0 atom stereocenters. The predicted molar refractivity (Wildman–Crippen MR) is 55.4 cm³/mol. The summed E-state index contributed by atoms with van der Waals surface area (Å²) in [6, 6.07) is 0.